The van der Waals surface area contributed by atoms with E-state index in [9.17, 15) is 22.8 Å². The van der Waals surface area contributed by atoms with Crippen molar-refractivity contribution in [3.8, 4) is 0 Å². The van der Waals surface area contributed by atoms with Gasteiger partial charge in [0, 0.05) is 32.3 Å². The van der Waals surface area contributed by atoms with Gasteiger partial charge in [0.05, 0.1) is 5.69 Å². The average molecular weight is 306 g/mol. The second kappa shape index (κ2) is 7.48. The number of hydrogen-bond donors (Lipinski definition) is 3. The van der Waals surface area contributed by atoms with Crippen LogP contribution in [0.1, 0.15) is 6.42 Å². The second-order valence-corrected chi connectivity index (χ2v) is 4.02. The lowest BCUT2D eigenvalue weighted by Gasteiger charge is -2.15. The van der Waals surface area contributed by atoms with E-state index >= 15 is 0 Å². The molecule has 2 amide bonds. The Morgan fingerprint density at radius 1 is 1.33 bits per heavy atom. The zero-order valence-electron chi connectivity index (χ0n) is 11.0. The van der Waals surface area contributed by atoms with Crippen molar-refractivity contribution in [2.45, 2.75) is 12.5 Å². The van der Waals surface area contributed by atoms with Crippen molar-refractivity contribution in [2.75, 3.05) is 19.0 Å². The lowest BCUT2D eigenvalue weighted by Crippen LogP contribution is -2.43. The number of hydrogen-bond acceptors (Lipinski definition) is 3. The molecule has 0 spiro atoms. The van der Waals surface area contributed by atoms with Gasteiger partial charge in [-0.3, -0.25) is 0 Å². The molecule has 0 bridgehead atoms. The van der Waals surface area contributed by atoms with E-state index in [0.29, 0.717) is 12.1 Å². The molecule has 6 nitrogen and oxygen atoms in total. The van der Waals surface area contributed by atoms with E-state index in [-0.39, 0.29) is 13.0 Å². The molecular formula is C12H13F3N2O4. The fourth-order valence-electron chi connectivity index (χ4n) is 1.46. The first-order valence-corrected chi connectivity index (χ1v) is 5.79. The number of urea groups is 1. The highest BCUT2D eigenvalue weighted by atomic mass is 19.2. The maximum atomic E-state index is 13.3. The SMILES string of the molecule is COCCC(NC(=O)Nc1cc(F)cc(F)c1F)C(=O)O. The number of methoxy groups -OCH3 is 1. The number of aliphatic carboxylic acids is 1. The number of carboxylic acid groups (broad SMARTS) is 1. The van der Waals surface area contributed by atoms with Gasteiger partial charge >= 0.3 is 12.0 Å². The molecule has 0 fully saturated rings. The number of benzene rings is 1. The monoisotopic (exact) mass is 306 g/mol. The molecule has 1 atom stereocenters. The summed E-state index contributed by atoms with van der Waals surface area (Å²) >= 11 is 0. The number of rotatable bonds is 6. The Morgan fingerprint density at radius 2 is 2.00 bits per heavy atom. The molecule has 116 valence electrons. The minimum Gasteiger partial charge on any atom is -0.480 e. The van der Waals surface area contributed by atoms with Crippen LogP contribution in [0, 0.1) is 17.5 Å². The zero-order chi connectivity index (χ0) is 16.0. The van der Waals surface area contributed by atoms with Crippen LogP contribution in [0.15, 0.2) is 12.1 Å². The summed E-state index contributed by atoms with van der Waals surface area (Å²) in [5.74, 6) is -5.33. The van der Waals surface area contributed by atoms with Crippen molar-refractivity contribution < 1.29 is 32.6 Å². The molecule has 0 saturated heterocycles. The van der Waals surface area contributed by atoms with Crippen LogP contribution in [-0.4, -0.2) is 36.9 Å². The van der Waals surface area contributed by atoms with Gasteiger partial charge in [0.1, 0.15) is 11.9 Å². The maximum absolute atomic E-state index is 13.3. The summed E-state index contributed by atoms with van der Waals surface area (Å²) in [5, 5.41) is 12.7. The van der Waals surface area contributed by atoms with E-state index in [4.69, 9.17) is 5.11 Å². The molecule has 0 aliphatic carbocycles. The molecule has 1 rings (SSSR count). The number of halogens is 3. The third-order valence-electron chi connectivity index (χ3n) is 2.46. The summed E-state index contributed by atoms with van der Waals surface area (Å²) in [7, 11) is 1.35. The van der Waals surface area contributed by atoms with Crippen LogP contribution in [0.25, 0.3) is 0 Å². The zero-order valence-corrected chi connectivity index (χ0v) is 11.0. The summed E-state index contributed by atoms with van der Waals surface area (Å²) in [4.78, 5) is 22.4. The minimum absolute atomic E-state index is 0.0285. The molecule has 21 heavy (non-hydrogen) atoms. The lowest BCUT2D eigenvalue weighted by atomic mass is 10.2. The minimum atomic E-state index is -1.47. The number of carbonyl (C=O) groups is 2. The van der Waals surface area contributed by atoms with E-state index in [1.165, 1.54) is 7.11 Å². The average Bonchev–Trinajstić information content (AvgIpc) is 2.39. The number of anilines is 1. The molecule has 0 aromatic heterocycles. The first kappa shape index (κ1) is 16.8. The van der Waals surface area contributed by atoms with Gasteiger partial charge in [0.15, 0.2) is 11.6 Å². The summed E-state index contributed by atoms with van der Waals surface area (Å²) < 4.78 is 43.9. The highest BCUT2D eigenvalue weighted by Crippen LogP contribution is 2.18. The van der Waals surface area contributed by atoms with Gasteiger partial charge in [-0.15, -0.1) is 0 Å². The molecule has 1 aromatic carbocycles. The van der Waals surface area contributed by atoms with Gasteiger partial charge in [-0.1, -0.05) is 0 Å². The molecule has 0 aliphatic rings. The number of amides is 2. The molecule has 0 radical (unpaired) electrons. The van der Waals surface area contributed by atoms with Gasteiger partial charge in [-0.05, 0) is 0 Å². The van der Waals surface area contributed by atoms with Crippen LogP contribution >= 0.6 is 0 Å². The lowest BCUT2D eigenvalue weighted by molar-refractivity contribution is -0.139. The van der Waals surface area contributed by atoms with E-state index in [0.717, 1.165) is 0 Å². The first-order valence-electron chi connectivity index (χ1n) is 5.79. The fraction of sp³-hybridized carbons (Fsp3) is 0.333. The van der Waals surface area contributed by atoms with Crippen LogP contribution < -0.4 is 10.6 Å². The molecule has 3 N–H and O–H groups in total. The molecule has 1 aromatic rings. The number of carbonyl (C=O) groups excluding carboxylic acids is 1. The van der Waals surface area contributed by atoms with E-state index in [1.54, 1.807) is 0 Å². The van der Waals surface area contributed by atoms with Crippen LogP contribution in [0.2, 0.25) is 0 Å². The van der Waals surface area contributed by atoms with Crippen molar-refractivity contribution >= 4 is 17.7 Å². The van der Waals surface area contributed by atoms with E-state index < -0.39 is 41.2 Å². The molecule has 1 unspecified atom stereocenters. The van der Waals surface area contributed by atoms with Gasteiger partial charge in [0.2, 0.25) is 0 Å². The largest absolute Gasteiger partial charge is 0.480 e. The highest BCUT2D eigenvalue weighted by Gasteiger charge is 2.21. The normalized spacial score (nSPS) is 11.8. The number of carboxylic acids is 1. The predicted octanol–water partition coefficient (Wildman–Crippen LogP) is 1.72. The van der Waals surface area contributed by atoms with Crippen LogP contribution in [0.4, 0.5) is 23.7 Å². The Morgan fingerprint density at radius 3 is 2.57 bits per heavy atom. The molecule has 0 saturated carbocycles. The van der Waals surface area contributed by atoms with Gasteiger partial charge in [-0.25, -0.2) is 22.8 Å². The summed E-state index contributed by atoms with van der Waals surface area (Å²) in [5.41, 5.74) is -0.735. The quantitative estimate of drug-likeness (QED) is 0.698. The van der Waals surface area contributed by atoms with Crippen LogP contribution in [-0.2, 0) is 9.53 Å². The molecule has 9 heteroatoms. The Kier molecular flexibility index (Phi) is 5.97. The van der Waals surface area contributed by atoms with Crippen molar-refractivity contribution in [3.63, 3.8) is 0 Å². The smallest absolute Gasteiger partial charge is 0.326 e. The number of ether oxygens (including phenoxy) is 1. The Balaban J connectivity index is 2.74. The van der Waals surface area contributed by atoms with Crippen molar-refractivity contribution in [2.24, 2.45) is 0 Å². The van der Waals surface area contributed by atoms with E-state index in [2.05, 4.69) is 4.74 Å². The van der Waals surface area contributed by atoms with Gasteiger partial charge < -0.3 is 20.5 Å². The van der Waals surface area contributed by atoms with Crippen molar-refractivity contribution in [1.29, 1.82) is 0 Å². The molecule has 0 aliphatic heterocycles. The summed E-state index contributed by atoms with van der Waals surface area (Å²) in [6.45, 7) is 0.0696. The van der Waals surface area contributed by atoms with Crippen LogP contribution in [0.3, 0.4) is 0 Å². The van der Waals surface area contributed by atoms with Crippen molar-refractivity contribution in [3.05, 3.63) is 29.6 Å². The Bertz CT molecular complexity index is 539. The summed E-state index contributed by atoms with van der Waals surface area (Å²) in [6, 6.07) is -1.51. The van der Waals surface area contributed by atoms with Crippen molar-refractivity contribution in [1.82, 2.24) is 5.32 Å². The number of nitrogens with one attached hydrogen (secondary N) is 2. The third-order valence-corrected chi connectivity index (χ3v) is 2.46. The van der Waals surface area contributed by atoms with Gasteiger partial charge in [0.25, 0.3) is 0 Å². The topological polar surface area (TPSA) is 87.7 Å². The van der Waals surface area contributed by atoms with Gasteiger partial charge in [-0.2, -0.15) is 0 Å². The van der Waals surface area contributed by atoms with Crippen LogP contribution in [0.5, 0.6) is 0 Å². The Labute approximate surface area is 117 Å². The summed E-state index contributed by atoms with van der Waals surface area (Å²) in [6.07, 6.45) is -0.0285. The maximum Gasteiger partial charge on any atom is 0.326 e. The molecular weight excluding hydrogens is 293 g/mol. The third kappa shape index (κ3) is 4.95. The molecule has 0 heterocycles. The predicted molar refractivity (Wildman–Crippen MR) is 66.4 cm³/mol. The highest BCUT2D eigenvalue weighted by molar-refractivity contribution is 5.92. The first-order chi connectivity index (χ1) is 9.85. The fourth-order valence-corrected chi connectivity index (χ4v) is 1.46. The standard InChI is InChI=1S/C12H13F3N2O4/c1-21-3-2-8(11(18)19)16-12(20)17-9-5-6(13)4-7(14)10(9)15/h4-5,8H,2-3H2,1H3,(H,18,19)(H2,16,17,20). The second-order valence-electron chi connectivity index (χ2n) is 4.02. The Hall–Kier alpha value is -2.29. The van der Waals surface area contributed by atoms with E-state index in [1.807, 2.05) is 10.6 Å².